The van der Waals surface area contributed by atoms with Gasteiger partial charge >= 0.3 is 5.97 Å². The van der Waals surface area contributed by atoms with Crippen LogP contribution in [-0.4, -0.2) is 33.6 Å². The van der Waals surface area contributed by atoms with Crippen LogP contribution >= 0.6 is 11.8 Å². The highest BCUT2D eigenvalue weighted by atomic mass is 32.2. The second kappa shape index (κ2) is 5.21. The molecule has 0 rings (SSSR count). The van der Waals surface area contributed by atoms with Gasteiger partial charge in [-0.3, -0.25) is 9.59 Å². The summed E-state index contributed by atoms with van der Waals surface area (Å²) in [4.78, 5) is 21.2. The van der Waals surface area contributed by atoms with E-state index in [2.05, 4.69) is 5.32 Å². The Morgan fingerprint density at radius 3 is 2.43 bits per heavy atom. The van der Waals surface area contributed by atoms with Gasteiger partial charge in [-0.15, -0.1) is 11.8 Å². The number of carbonyl (C=O) groups is 2. The van der Waals surface area contributed by atoms with Gasteiger partial charge in [-0.25, -0.2) is 0 Å². The molecule has 0 aromatic carbocycles. The van der Waals surface area contributed by atoms with Gasteiger partial charge in [0.1, 0.15) is 6.04 Å². The van der Waals surface area contributed by atoms with Crippen molar-refractivity contribution in [1.82, 2.24) is 5.32 Å². The van der Waals surface area contributed by atoms with Gasteiger partial charge in [-0.2, -0.15) is 0 Å². The molecule has 0 bridgehead atoms. The van der Waals surface area contributed by atoms with Gasteiger partial charge in [0.05, 0.1) is 5.88 Å². The minimum Gasteiger partial charge on any atom is -0.480 e. The lowest BCUT2D eigenvalue weighted by Gasteiger charge is -2.27. The third-order valence-corrected chi connectivity index (χ3v) is 3.07. The number of carboxylic acid groups (broad SMARTS) is 1. The largest absolute Gasteiger partial charge is 0.480 e. The summed E-state index contributed by atoms with van der Waals surface area (Å²) in [6.45, 7) is 4.88. The van der Waals surface area contributed by atoms with Gasteiger partial charge < -0.3 is 16.2 Å². The van der Waals surface area contributed by atoms with E-state index in [0.717, 1.165) is 0 Å². The van der Waals surface area contributed by atoms with Crippen molar-refractivity contribution in [2.24, 2.45) is 5.73 Å². The zero-order valence-electron chi connectivity index (χ0n) is 8.53. The first-order valence-electron chi connectivity index (χ1n) is 4.14. The lowest BCUT2D eigenvalue weighted by molar-refractivity contribution is -0.139. The Morgan fingerprint density at radius 1 is 1.57 bits per heavy atom. The highest BCUT2D eigenvalue weighted by Crippen LogP contribution is 2.26. The molecular formula is C8H16N2O3S. The summed E-state index contributed by atoms with van der Waals surface area (Å²) in [5.41, 5.74) is 5.48. The van der Waals surface area contributed by atoms with Crippen LogP contribution in [0.5, 0.6) is 0 Å². The zero-order valence-corrected chi connectivity index (χ0v) is 9.35. The van der Waals surface area contributed by atoms with Crippen LogP contribution in [0, 0.1) is 0 Å². The summed E-state index contributed by atoms with van der Waals surface area (Å²) >= 11 is 1.31. The van der Waals surface area contributed by atoms with Crippen molar-refractivity contribution < 1.29 is 14.7 Å². The van der Waals surface area contributed by atoms with Crippen molar-refractivity contribution in [3.8, 4) is 0 Å². The fourth-order valence-corrected chi connectivity index (χ4v) is 1.64. The van der Waals surface area contributed by atoms with Crippen LogP contribution in [0.15, 0.2) is 0 Å². The molecule has 4 N–H and O–H groups in total. The van der Waals surface area contributed by atoms with Crippen LogP contribution < -0.4 is 11.1 Å². The van der Waals surface area contributed by atoms with E-state index < -0.39 is 16.8 Å². The fourth-order valence-electron chi connectivity index (χ4n) is 0.711. The van der Waals surface area contributed by atoms with Gasteiger partial charge in [0.2, 0.25) is 5.91 Å². The highest BCUT2D eigenvalue weighted by Gasteiger charge is 2.32. The highest BCUT2D eigenvalue weighted by molar-refractivity contribution is 8.00. The molecule has 5 nitrogen and oxygen atoms in total. The van der Waals surface area contributed by atoms with Gasteiger partial charge in [-0.05, 0) is 13.8 Å². The second-order valence-corrected chi connectivity index (χ2v) is 5.07. The maximum Gasteiger partial charge on any atom is 0.321 e. The minimum atomic E-state index is -1.04. The molecule has 0 unspecified atom stereocenters. The molecular weight excluding hydrogens is 204 g/mol. The van der Waals surface area contributed by atoms with Crippen LogP contribution in [0.4, 0.5) is 0 Å². The average molecular weight is 220 g/mol. The Balaban J connectivity index is 4.06. The number of nitrogens with two attached hydrogens (primary N) is 1. The molecule has 0 aliphatic carbocycles. The molecule has 0 aliphatic heterocycles. The Hall–Kier alpha value is -0.750. The van der Waals surface area contributed by atoms with Crippen LogP contribution in [0.1, 0.15) is 20.8 Å². The molecule has 0 saturated heterocycles. The molecule has 1 atom stereocenters. The van der Waals surface area contributed by atoms with E-state index in [1.807, 2.05) is 0 Å². The summed E-state index contributed by atoms with van der Waals surface area (Å²) < 4.78 is -0.603. The zero-order chi connectivity index (χ0) is 11.4. The Labute approximate surface area is 87.4 Å². The predicted octanol–water partition coefficient (Wildman–Crippen LogP) is 0.00370. The molecule has 0 spiro atoms. The number of rotatable bonds is 5. The van der Waals surface area contributed by atoms with Crippen LogP contribution in [0.2, 0.25) is 0 Å². The molecule has 0 aromatic heterocycles. The first-order valence-corrected chi connectivity index (χ1v) is 5.12. The predicted molar refractivity (Wildman–Crippen MR) is 56.0 cm³/mol. The smallest absolute Gasteiger partial charge is 0.321 e. The van der Waals surface area contributed by atoms with Crippen LogP contribution in [0.25, 0.3) is 0 Å². The van der Waals surface area contributed by atoms with Crippen molar-refractivity contribution in [3.63, 3.8) is 0 Å². The topological polar surface area (TPSA) is 92.4 Å². The van der Waals surface area contributed by atoms with Crippen LogP contribution in [-0.2, 0) is 9.59 Å². The molecule has 14 heavy (non-hydrogen) atoms. The normalized spacial score (nSPS) is 13.4. The number of thioether (sulfide) groups is 1. The van der Waals surface area contributed by atoms with E-state index in [1.54, 1.807) is 13.8 Å². The lowest BCUT2D eigenvalue weighted by Crippen LogP contribution is -2.47. The van der Waals surface area contributed by atoms with Crippen molar-refractivity contribution in [1.29, 1.82) is 0 Å². The third kappa shape index (κ3) is 4.48. The number of hydrogen-bond acceptors (Lipinski definition) is 4. The molecule has 0 radical (unpaired) electrons. The van der Waals surface area contributed by atoms with E-state index in [9.17, 15) is 9.59 Å². The average Bonchev–Trinajstić information content (AvgIpc) is 2.01. The number of amides is 1. The quantitative estimate of drug-likeness (QED) is 0.567. The summed E-state index contributed by atoms with van der Waals surface area (Å²) in [7, 11) is 0. The number of carboxylic acids is 1. The number of nitrogens with one attached hydrogen (secondary N) is 1. The Morgan fingerprint density at radius 2 is 2.07 bits per heavy atom. The van der Waals surface area contributed by atoms with E-state index in [1.165, 1.54) is 18.7 Å². The van der Waals surface area contributed by atoms with E-state index >= 15 is 0 Å². The third-order valence-electron chi connectivity index (χ3n) is 1.78. The minimum absolute atomic E-state index is 0.141. The molecule has 1 amide bonds. The van der Waals surface area contributed by atoms with E-state index in [0.29, 0.717) is 5.88 Å². The summed E-state index contributed by atoms with van der Waals surface area (Å²) in [6.07, 6.45) is 0. The molecule has 0 fully saturated rings. The van der Waals surface area contributed by atoms with E-state index in [-0.39, 0.29) is 5.91 Å². The Bertz CT molecular complexity index is 231. The molecule has 0 heterocycles. The lowest BCUT2D eigenvalue weighted by atomic mass is 10.1. The van der Waals surface area contributed by atoms with Crippen molar-refractivity contribution in [2.45, 2.75) is 31.6 Å². The first-order chi connectivity index (χ1) is 6.27. The number of aliphatic carboxylic acids is 1. The Kier molecular flexibility index (Phi) is 4.93. The van der Waals surface area contributed by atoms with Crippen LogP contribution in [0.3, 0.4) is 0 Å². The standard InChI is InChI=1S/C8H16N2O3S/c1-5(11)10-4-14-8(2,3)6(9)7(12)13/h6H,4,9H2,1-3H3,(H,10,11)(H,12,13)/t6-/m1/s1. The maximum atomic E-state index is 10.6. The molecule has 0 aromatic rings. The van der Waals surface area contributed by atoms with Gasteiger partial charge in [0, 0.05) is 11.7 Å². The second-order valence-electron chi connectivity index (χ2n) is 3.44. The summed E-state index contributed by atoms with van der Waals surface area (Å²) in [6, 6.07) is -0.943. The molecule has 82 valence electrons. The van der Waals surface area contributed by atoms with E-state index in [4.69, 9.17) is 10.8 Å². The summed E-state index contributed by atoms with van der Waals surface area (Å²) in [5, 5.41) is 11.3. The van der Waals surface area contributed by atoms with Crippen molar-refractivity contribution in [3.05, 3.63) is 0 Å². The molecule has 6 heteroatoms. The fraction of sp³-hybridized carbons (Fsp3) is 0.750. The van der Waals surface area contributed by atoms with Crippen molar-refractivity contribution in [2.75, 3.05) is 5.88 Å². The van der Waals surface area contributed by atoms with Gasteiger partial charge in [0.15, 0.2) is 0 Å². The number of carbonyl (C=O) groups excluding carboxylic acids is 1. The number of hydrogen-bond donors (Lipinski definition) is 3. The molecule has 0 aliphatic rings. The van der Waals surface area contributed by atoms with Gasteiger partial charge in [-0.1, -0.05) is 0 Å². The van der Waals surface area contributed by atoms with Crippen molar-refractivity contribution >= 4 is 23.6 Å². The van der Waals surface area contributed by atoms with Gasteiger partial charge in [0.25, 0.3) is 0 Å². The summed E-state index contributed by atoms with van der Waals surface area (Å²) in [5.74, 6) is -0.814. The first kappa shape index (κ1) is 13.2. The monoisotopic (exact) mass is 220 g/mol. The molecule has 0 saturated carbocycles. The maximum absolute atomic E-state index is 10.6. The SMILES string of the molecule is CC(=O)NCSC(C)(C)[C@H](N)C(=O)O.